The zero-order valence-corrected chi connectivity index (χ0v) is 12.4. The lowest BCUT2D eigenvalue weighted by atomic mass is 10.0. The molecule has 0 saturated heterocycles. The van der Waals surface area contributed by atoms with Gasteiger partial charge in [0, 0.05) is 23.3 Å². The van der Waals surface area contributed by atoms with Crippen LogP contribution in [0.4, 0.5) is 5.69 Å². The van der Waals surface area contributed by atoms with Crippen LogP contribution in [-0.4, -0.2) is 24.7 Å². The molecule has 0 N–H and O–H groups in total. The van der Waals surface area contributed by atoms with Gasteiger partial charge in [0.1, 0.15) is 5.75 Å². The molecule has 0 unspecified atom stereocenters. The maximum Gasteiger partial charge on any atom is 0.258 e. The highest BCUT2D eigenvalue weighted by Gasteiger charge is 2.25. The van der Waals surface area contributed by atoms with Gasteiger partial charge in [0.15, 0.2) is 5.78 Å². The first-order valence-electron chi connectivity index (χ1n) is 6.95. The van der Waals surface area contributed by atoms with Crippen molar-refractivity contribution >= 4 is 23.3 Å². The topological polar surface area (TPSA) is 63.7 Å². The van der Waals surface area contributed by atoms with Crippen LogP contribution in [0.15, 0.2) is 60.7 Å². The number of imide groups is 1. The van der Waals surface area contributed by atoms with Crippen molar-refractivity contribution in [3.05, 3.63) is 71.8 Å². The second-order valence-corrected chi connectivity index (χ2v) is 4.95. The van der Waals surface area contributed by atoms with Crippen LogP contribution in [0.25, 0.3) is 0 Å². The molecule has 0 bridgehead atoms. The maximum atomic E-state index is 12.4. The average Bonchev–Trinajstić information content (AvgIpc) is 2.93. The van der Waals surface area contributed by atoms with Gasteiger partial charge < -0.3 is 4.74 Å². The molecule has 0 saturated carbocycles. The normalized spacial score (nSPS) is 13.5. The number of rotatable bonds is 4. The lowest BCUT2D eigenvalue weighted by Crippen LogP contribution is -2.29. The van der Waals surface area contributed by atoms with Gasteiger partial charge in [-0.2, -0.15) is 0 Å². The summed E-state index contributed by atoms with van der Waals surface area (Å²) in [5.74, 6) is -0.236. The molecule has 114 valence electrons. The van der Waals surface area contributed by atoms with Crippen LogP contribution in [0.2, 0.25) is 0 Å². The van der Waals surface area contributed by atoms with Crippen molar-refractivity contribution < 1.29 is 19.1 Å². The van der Waals surface area contributed by atoms with Crippen molar-refractivity contribution in [2.45, 2.75) is 0 Å². The molecule has 5 nitrogen and oxygen atoms in total. The second kappa shape index (κ2) is 5.88. The minimum atomic E-state index is -0.385. The Hall–Kier alpha value is -3.21. The summed E-state index contributed by atoms with van der Waals surface area (Å²) in [7, 11) is 1.56. The molecule has 23 heavy (non-hydrogen) atoms. The number of hydrogen-bond acceptors (Lipinski definition) is 4. The van der Waals surface area contributed by atoms with Gasteiger partial charge in [0.2, 0.25) is 0 Å². The molecule has 2 aromatic carbocycles. The van der Waals surface area contributed by atoms with Crippen LogP contribution in [0, 0.1) is 0 Å². The van der Waals surface area contributed by atoms with Crippen molar-refractivity contribution in [2.24, 2.45) is 0 Å². The summed E-state index contributed by atoms with van der Waals surface area (Å²) in [5.41, 5.74) is 1.45. The summed E-state index contributed by atoms with van der Waals surface area (Å²) >= 11 is 0. The largest absolute Gasteiger partial charge is 0.497 e. The highest BCUT2D eigenvalue weighted by atomic mass is 16.5. The van der Waals surface area contributed by atoms with Crippen LogP contribution in [0.5, 0.6) is 5.75 Å². The highest BCUT2D eigenvalue weighted by molar-refractivity contribution is 6.28. The first-order chi connectivity index (χ1) is 11.1. The summed E-state index contributed by atoms with van der Waals surface area (Å²) in [6.07, 6.45) is 2.44. The molecule has 0 radical (unpaired) electrons. The van der Waals surface area contributed by atoms with E-state index >= 15 is 0 Å². The number of benzene rings is 2. The summed E-state index contributed by atoms with van der Waals surface area (Å²) in [4.78, 5) is 36.7. The van der Waals surface area contributed by atoms with Crippen molar-refractivity contribution in [3.8, 4) is 5.75 Å². The lowest BCUT2D eigenvalue weighted by molar-refractivity contribution is -0.119. The van der Waals surface area contributed by atoms with Crippen molar-refractivity contribution in [1.29, 1.82) is 0 Å². The fraction of sp³-hybridized carbons (Fsp3) is 0.0556. The van der Waals surface area contributed by atoms with Gasteiger partial charge in [-0.15, -0.1) is 0 Å². The SMILES string of the molecule is COc1ccc(C(=O)c2ccc(N3C(=O)C=CC3=O)cc2)cc1. The molecule has 3 rings (SSSR count). The second-order valence-electron chi connectivity index (χ2n) is 4.95. The van der Waals surface area contributed by atoms with E-state index in [0.717, 1.165) is 4.90 Å². The van der Waals surface area contributed by atoms with E-state index in [2.05, 4.69) is 0 Å². The van der Waals surface area contributed by atoms with E-state index < -0.39 is 0 Å². The summed E-state index contributed by atoms with van der Waals surface area (Å²) in [5, 5.41) is 0. The van der Waals surface area contributed by atoms with E-state index in [9.17, 15) is 14.4 Å². The Morgan fingerprint density at radius 2 is 1.30 bits per heavy atom. The summed E-state index contributed by atoms with van der Waals surface area (Å²) in [6.45, 7) is 0. The van der Waals surface area contributed by atoms with E-state index in [4.69, 9.17) is 4.74 Å². The standard InChI is InChI=1S/C18H13NO4/c1-23-15-8-4-13(5-9-15)18(22)12-2-6-14(7-3-12)19-16(20)10-11-17(19)21/h2-11H,1H3. The monoisotopic (exact) mass is 307 g/mol. The van der Waals surface area contributed by atoms with Gasteiger partial charge in [-0.3, -0.25) is 14.4 Å². The number of carbonyl (C=O) groups excluding carboxylic acids is 3. The zero-order chi connectivity index (χ0) is 16.4. The van der Waals surface area contributed by atoms with Gasteiger partial charge in [0.25, 0.3) is 11.8 Å². The predicted molar refractivity (Wildman–Crippen MR) is 84.5 cm³/mol. The number of carbonyl (C=O) groups is 3. The van der Waals surface area contributed by atoms with E-state index in [1.807, 2.05) is 0 Å². The third-order valence-corrected chi connectivity index (χ3v) is 3.55. The Morgan fingerprint density at radius 1 is 0.826 bits per heavy atom. The highest BCUT2D eigenvalue weighted by Crippen LogP contribution is 2.21. The summed E-state index contributed by atoms with van der Waals surface area (Å²) < 4.78 is 5.06. The molecule has 1 aliphatic rings. The molecule has 0 aliphatic carbocycles. The quantitative estimate of drug-likeness (QED) is 0.642. The first-order valence-corrected chi connectivity index (χ1v) is 6.95. The number of amides is 2. The van der Waals surface area contributed by atoms with E-state index in [1.165, 1.54) is 12.2 Å². The van der Waals surface area contributed by atoms with Gasteiger partial charge in [0.05, 0.1) is 12.8 Å². The number of methoxy groups -OCH3 is 1. The molecule has 2 amide bonds. The van der Waals surface area contributed by atoms with E-state index in [-0.39, 0.29) is 17.6 Å². The van der Waals surface area contributed by atoms with Crippen LogP contribution in [0.3, 0.4) is 0 Å². The van der Waals surface area contributed by atoms with Gasteiger partial charge in [-0.25, -0.2) is 4.90 Å². The number of anilines is 1. The third kappa shape index (κ3) is 2.76. The Balaban J connectivity index is 1.82. The molecule has 0 fully saturated rings. The maximum absolute atomic E-state index is 12.4. The van der Waals surface area contributed by atoms with Gasteiger partial charge in [-0.05, 0) is 48.5 Å². The Morgan fingerprint density at radius 3 is 1.78 bits per heavy atom. The number of nitrogens with zero attached hydrogens (tertiary/aromatic N) is 1. The predicted octanol–water partition coefficient (Wildman–Crippen LogP) is 2.36. The molecule has 1 heterocycles. The van der Waals surface area contributed by atoms with Crippen LogP contribution in [0.1, 0.15) is 15.9 Å². The van der Waals surface area contributed by atoms with Crippen molar-refractivity contribution in [1.82, 2.24) is 0 Å². The van der Waals surface area contributed by atoms with Gasteiger partial charge >= 0.3 is 0 Å². The molecule has 1 aliphatic heterocycles. The van der Waals surface area contributed by atoms with E-state index in [1.54, 1.807) is 55.6 Å². The van der Waals surface area contributed by atoms with Crippen molar-refractivity contribution in [2.75, 3.05) is 12.0 Å². The molecule has 0 aromatic heterocycles. The molecule has 2 aromatic rings. The first kappa shape index (κ1) is 14.7. The molecular formula is C18H13NO4. The fourth-order valence-electron chi connectivity index (χ4n) is 2.33. The van der Waals surface area contributed by atoms with Crippen molar-refractivity contribution in [3.63, 3.8) is 0 Å². The lowest BCUT2D eigenvalue weighted by Gasteiger charge is -2.14. The minimum absolute atomic E-state index is 0.142. The third-order valence-electron chi connectivity index (χ3n) is 3.55. The van der Waals surface area contributed by atoms with Crippen LogP contribution >= 0.6 is 0 Å². The molecule has 5 heteroatoms. The molecule has 0 atom stereocenters. The minimum Gasteiger partial charge on any atom is -0.497 e. The zero-order valence-electron chi connectivity index (χ0n) is 12.4. The average molecular weight is 307 g/mol. The Kier molecular flexibility index (Phi) is 3.76. The van der Waals surface area contributed by atoms with Gasteiger partial charge in [-0.1, -0.05) is 0 Å². The van der Waals surface area contributed by atoms with Crippen LogP contribution in [-0.2, 0) is 9.59 Å². The smallest absolute Gasteiger partial charge is 0.258 e. The Labute approximate surface area is 132 Å². The summed E-state index contributed by atoms with van der Waals surface area (Å²) in [6, 6.07) is 13.2. The molecular weight excluding hydrogens is 294 g/mol. The number of ether oxygens (including phenoxy) is 1. The fourth-order valence-corrected chi connectivity index (χ4v) is 2.33. The number of ketones is 1. The van der Waals surface area contributed by atoms with E-state index in [0.29, 0.717) is 22.6 Å². The Bertz CT molecular complexity index is 786. The van der Waals surface area contributed by atoms with Crippen LogP contribution < -0.4 is 9.64 Å². The number of hydrogen-bond donors (Lipinski definition) is 0. The molecule has 0 spiro atoms.